The number of amides is 2. The SMILES string of the molecule is CCCCCCCCCCCCCCCCCC(=O)NC(CCC(=O)NCCCCCCCC)C(=O)O. The monoisotopic (exact) mass is 524 g/mol. The first kappa shape index (κ1) is 35.4. The van der Waals surface area contributed by atoms with E-state index in [2.05, 4.69) is 24.5 Å². The lowest BCUT2D eigenvalue weighted by Gasteiger charge is -2.14. The topological polar surface area (TPSA) is 95.5 Å². The lowest BCUT2D eigenvalue weighted by molar-refractivity contribution is -0.142. The van der Waals surface area contributed by atoms with Crippen molar-refractivity contribution in [1.29, 1.82) is 0 Å². The molecular formula is C31H60N2O4. The quantitative estimate of drug-likeness (QED) is 0.0901. The van der Waals surface area contributed by atoms with E-state index in [0.29, 0.717) is 13.0 Å². The molecule has 37 heavy (non-hydrogen) atoms. The summed E-state index contributed by atoms with van der Waals surface area (Å²) in [6, 6.07) is -0.997. The third-order valence-corrected chi connectivity index (χ3v) is 7.15. The molecule has 0 aromatic carbocycles. The number of rotatable bonds is 28. The molecule has 218 valence electrons. The van der Waals surface area contributed by atoms with Gasteiger partial charge in [0, 0.05) is 19.4 Å². The van der Waals surface area contributed by atoms with Crippen molar-refractivity contribution >= 4 is 17.8 Å². The minimum Gasteiger partial charge on any atom is -0.480 e. The fourth-order valence-electron chi connectivity index (χ4n) is 4.68. The predicted molar refractivity (Wildman–Crippen MR) is 155 cm³/mol. The molecule has 1 atom stereocenters. The smallest absolute Gasteiger partial charge is 0.326 e. The van der Waals surface area contributed by atoms with Gasteiger partial charge in [-0.05, 0) is 19.3 Å². The number of carbonyl (C=O) groups excluding carboxylic acids is 2. The maximum atomic E-state index is 12.2. The lowest BCUT2D eigenvalue weighted by atomic mass is 10.0. The molecule has 0 spiro atoms. The highest BCUT2D eigenvalue weighted by Gasteiger charge is 2.20. The molecular weight excluding hydrogens is 464 g/mol. The molecule has 0 aliphatic carbocycles. The summed E-state index contributed by atoms with van der Waals surface area (Å²) < 4.78 is 0. The fourth-order valence-corrected chi connectivity index (χ4v) is 4.68. The average molecular weight is 525 g/mol. The molecule has 2 amide bonds. The second-order valence-corrected chi connectivity index (χ2v) is 10.8. The Morgan fingerprint density at radius 2 is 0.946 bits per heavy atom. The first-order valence-corrected chi connectivity index (χ1v) is 15.8. The van der Waals surface area contributed by atoms with Gasteiger partial charge in [0.2, 0.25) is 11.8 Å². The van der Waals surface area contributed by atoms with E-state index in [4.69, 9.17) is 0 Å². The number of carboxylic acids is 1. The van der Waals surface area contributed by atoms with Crippen molar-refractivity contribution < 1.29 is 19.5 Å². The van der Waals surface area contributed by atoms with Crippen LogP contribution in [0, 0.1) is 0 Å². The van der Waals surface area contributed by atoms with Crippen molar-refractivity contribution in [3.05, 3.63) is 0 Å². The first-order chi connectivity index (χ1) is 18.0. The van der Waals surface area contributed by atoms with Crippen molar-refractivity contribution in [3.63, 3.8) is 0 Å². The number of unbranched alkanes of at least 4 members (excludes halogenated alkanes) is 19. The van der Waals surface area contributed by atoms with Crippen LogP contribution in [0.3, 0.4) is 0 Å². The van der Waals surface area contributed by atoms with Crippen LogP contribution in [0.5, 0.6) is 0 Å². The molecule has 0 bridgehead atoms. The highest BCUT2D eigenvalue weighted by molar-refractivity contribution is 5.84. The van der Waals surface area contributed by atoms with Crippen LogP contribution in [0.2, 0.25) is 0 Å². The van der Waals surface area contributed by atoms with Crippen LogP contribution in [-0.2, 0) is 14.4 Å². The van der Waals surface area contributed by atoms with Crippen molar-refractivity contribution in [2.75, 3.05) is 6.54 Å². The molecule has 0 fully saturated rings. The van der Waals surface area contributed by atoms with E-state index in [-0.39, 0.29) is 24.7 Å². The van der Waals surface area contributed by atoms with Gasteiger partial charge in [-0.1, -0.05) is 136 Å². The van der Waals surface area contributed by atoms with Crippen LogP contribution in [0.25, 0.3) is 0 Å². The molecule has 0 saturated carbocycles. The van der Waals surface area contributed by atoms with Gasteiger partial charge in [0.1, 0.15) is 6.04 Å². The predicted octanol–water partition coefficient (Wildman–Crippen LogP) is 8.07. The molecule has 0 aliphatic rings. The van der Waals surface area contributed by atoms with Gasteiger partial charge < -0.3 is 15.7 Å². The molecule has 0 radical (unpaired) electrons. The zero-order chi connectivity index (χ0) is 27.4. The number of aliphatic carboxylic acids is 1. The Morgan fingerprint density at radius 1 is 0.541 bits per heavy atom. The number of hydrogen-bond acceptors (Lipinski definition) is 3. The molecule has 1 unspecified atom stereocenters. The maximum Gasteiger partial charge on any atom is 0.326 e. The number of hydrogen-bond donors (Lipinski definition) is 3. The van der Waals surface area contributed by atoms with Crippen molar-refractivity contribution in [2.45, 2.75) is 174 Å². The van der Waals surface area contributed by atoms with Gasteiger partial charge in [0.15, 0.2) is 0 Å². The molecule has 0 aliphatic heterocycles. The summed E-state index contributed by atoms with van der Waals surface area (Å²) in [4.78, 5) is 35.7. The van der Waals surface area contributed by atoms with E-state index in [1.54, 1.807) is 0 Å². The van der Waals surface area contributed by atoms with Gasteiger partial charge in [-0.25, -0.2) is 4.79 Å². The maximum absolute atomic E-state index is 12.2. The summed E-state index contributed by atoms with van der Waals surface area (Å²) in [6.07, 6.45) is 26.6. The van der Waals surface area contributed by atoms with Gasteiger partial charge in [-0.15, -0.1) is 0 Å². The highest BCUT2D eigenvalue weighted by Crippen LogP contribution is 2.14. The van der Waals surface area contributed by atoms with Gasteiger partial charge in [-0.2, -0.15) is 0 Å². The Bertz CT molecular complexity index is 553. The number of carbonyl (C=O) groups is 3. The second-order valence-electron chi connectivity index (χ2n) is 10.8. The Balaban J connectivity index is 3.66. The van der Waals surface area contributed by atoms with E-state index >= 15 is 0 Å². The van der Waals surface area contributed by atoms with Gasteiger partial charge in [-0.3, -0.25) is 9.59 Å². The van der Waals surface area contributed by atoms with Crippen LogP contribution < -0.4 is 10.6 Å². The first-order valence-electron chi connectivity index (χ1n) is 15.8. The van der Waals surface area contributed by atoms with Crippen LogP contribution >= 0.6 is 0 Å². The van der Waals surface area contributed by atoms with E-state index in [9.17, 15) is 19.5 Å². The third-order valence-electron chi connectivity index (χ3n) is 7.15. The third kappa shape index (κ3) is 25.8. The Labute approximate surface area is 228 Å². The molecule has 6 nitrogen and oxygen atoms in total. The summed E-state index contributed by atoms with van der Waals surface area (Å²) in [6.45, 7) is 5.08. The number of nitrogens with one attached hydrogen (secondary N) is 2. The Hall–Kier alpha value is -1.59. The molecule has 0 rings (SSSR count). The van der Waals surface area contributed by atoms with Crippen LogP contribution in [0.4, 0.5) is 0 Å². The van der Waals surface area contributed by atoms with Crippen molar-refractivity contribution in [1.82, 2.24) is 10.6 Å². The van der Waals surface area contributed by atoms with Crippen LogP contribution in [0.15, 0.2) is 0 Å². The Kier molecular flexibility index (Phi) is 26.3. The van der Waals surface area contributed by atoms with Crippen molar-refractivity contribution in [3.8, 4) is 0 Å². The molecule has 6 heteroatoms. The Morgan fingerprint density at radius 3 is 1.38 bits per heavy atom. The highest BCUT2D eigenvalue weighted by atomic mass is 16.4. The van der Waals surface area contributed by atoms with Crippen LogP contribution in [-0.4, -0.2) is 35.5 Å². The van der Waals surface area contributed by atoms with E-state index in [1.807, 2.05) is 0 Å². The largest absolute Gasteiger partial charge is 0.480 e. The average Bonchev–Trinajstić information content (AvgIpc) is 2.88. The van der Waals surface area contributed by atoms with E-state index in [0.717, 1.165) is 32.1 Å². The fraction of sp³-hybridized carbons (Fsp3) is 0.903. The van der Waals surface area contributed by atoms with Crippen LogP contribution in [0.1, 0.15) is 168 Å². The van der Waals surface area contributed by atoms with Crippen molar-refractivity contribution in [2.24, 2.45) is 0 Å². The summed E-state index contributed by atoms with van der Waals surface area (Å²) in [5, 5.41) is 14.9. The standard InChI is InChI=1S/C31H60N2O4/c1-3-5-7-9-11-12-13-14-15-16-17-18-19-20-22-24-30(35)33-28(31(36)37)25-26-29(34)32-27-23-21-10-8-6-4-2/h28H,3-27H2,1-2H3,(H,32,34)(H,33,35)(H,36,37). The van der Waals surface area contributed by atoms with E-state index in [1.165, 1.54) is 103 Å². The zero-order valence-corrected chi connectivity index (χ0v) is 24.4. The summed E-state index contributed by atoms with van der Waals surface area (Å²) >= 11 is 0. The molecule has 0 heterocycles. The zero-order valence-electron chi connectivity index (χ0n) is 24.4. The lowest BCUT2D eigenvalue weighted by Crippen LogP contribution is -2.41. The minimum absolute atomic E-state index is 0.117. The van der Waals surface area contributed by atoms with Gasteiger partial charge in [0.05, 0.1) is 0 Å². The molecule has 0 aromatic rings. The van der Waals surface area contributed by atoms with Gasteiger partial charge >= 0.3 is 5.97 Å². The molecule has 0 aromatic heterocycles. The summed E-state index contributed by atoms with van der Waals surface area (Å²) in [5.41, 5.74) is 0. The molecule has 3 N–H and O–H groups in total. The normalized spacial score (nSPS) is 11.8. The summed E-state index contributed by atoms with van der Waals surface area (Å²) in [5.74, 6) is -1.44. The minimum atomic E-state index is -1.08. The van der Waals surface area contributed by atoms with Gasteiger partial charge in [0.25, 0.3) is 0 Å². The second kappa shape index (κ2) is 27.4. The summed E-state index contributed by atoms with van der Waals surface area (Å²) in [7, 11) is 0. The van der Waals surface area contributed by atoms with E-state index < -0.39 is 12.0 Å². The molecule has 0 saturated heterocycles. The number of carboxylic acid groups (broad SMARTS) is 1.